The van der Waals surface area contributed by atoms with Crippen LogP contribution in [-0.4, -0.2) is 71.1 Å². The van der Waals surface area contributed by atoms with Crippen LogP contribution in [0.4, 0.5) is 0 Å². The van der Waals surface area contributed by atoms with E-state index in [0.717, 1.165) is 31.7 Å². The molecule has 0 aromatic heterocycles. The molecule has 140 valence electrons. The second-order valence-corrected chi connectivity index (χ2v) is 7.09. The maximum Gasteiger partial charge on any atom is 0.299 e. The van der Waals surface area contributed by atoms with E-state index in [1.807, 2.05) is 6.07 Å². The molecule has 1 atom stereocenters. The molecule has 0 aliphatic carbocycles. The van der Waals surface area contributed by atoms with E-state index < -0.39 is 11.0 Å². The summed E-state index contributed by atoms with van der Waals surface area (Å²) in [4.78, 5) is 15.8. The van der Waals surface area contributed by atoms with Crippen molar-refractivity contribution in [1.82, 2.24) is 9.80 Å². The third kappa shape index (κ3) is 7.01. The molecule has 1 unspecified atom stereocenters. The fourth-order valence-corrected chi connectivity index (χ4v) is 3.08. The highest BCUT2D eigenvalue weighted by Crippen LogP contribution is 2.16. The lowest BCUT2D eigenvalue weighted by molar-refractivity contribution is -0.130. The molecule has 25 heavy (non-hydrogen) atoms. The van der Waals surface area contributed by atoms with Crippen molar-refractivity contribution in [2.45, 2.75) is 12.8 Å². The lowest BCUT2D eigenvalue weighted by Crippen LogP contribution is -2.40. The van der Waals surface area contributed by atoms with Crippen LogP contribution in [0.15, 0.2) is 24.3 Å². The van der Waals surface area contributed by atoms with Gasteiger partial charge in [0.1, 0.15) is 5.75 Å². The largest absolute Gasteiger partial charge is 0.384 e. The summed E-state index contributed by atoms with van der Waals surface area (Å²) >= 11 is 0. The van der Waals surface area contributed by atoms with Crippen molar-refractivity contribution in [3.63, 3.8) is 0 Å². The smallest absolute Gasteiger partial charge is 0.299 e. The van der Waals surface area contributed by atoms with E-state index >= 15 is 0 Å². The van der Waals surface area contributed by atoms with E-state index in [2.05, 4.69) is 4.90 Å². The molecule has 1 aromatic rings. The standard InChI is InChI=1S/C17H26N2O5S/c1-18(2)17(20)12-19(11-15-7-9-23-13-15)8-6-14-4-3-5-16(10-14)24-25(21)22/h3-5,10,15,25H,6-9,11-13H2,1-2H3. The summed E-state index contributed by atoms with van der Waals surface area (Å²) in [6.45, 7) is 3.43. The van der Waals surface area contributed by atoms with Crippen molar-refractivity contribution in [2.75, 3.05) is 46.9 Å². The number of amides is 1. The number of hydrogen-bond acceptors (Lipinski definition) is 6. The predicted octanol–water partition coefficient (Wildman–Crippen LogP) is 0.561. The van der Waals surface area contributed by atoms with Crippen molar-refractivity contribution in [2.24, 2.45) is 5.92 Å². The minimum atomic E-state index is -2.91. The molecule has 1 heterocycles. The van der Waals surface area contributed by atoms with Gasteiger partial charge in [0, 0.05) is 33.8 Å². The summed E-state index contributed by atoms with van der Waals surface area (Å²) < 4.78 is 31.5. The predicted molar refractivity (Wildman–Crippen MR) is 95.1 cm³/mol. The number of likely N-dealkylation sites (N-methyl/N-ethyl adjacent to an activating group) is 1. The maximum absolute atomic E-state index is 12.1. The minimum Gasteiger partial charge on any atom is -0.384 e. The summed E-state index contributed by atoms with van der Waals surface area (Å²) in [7, 11) is 0.594. The Morgan fingerprint density at radius 2 is 2.16 bits per heavy atom. The van der Waals surface area contributed by atoms with E-state index in [1.165, 1.54) is 0 Å². The minimum absolute atomic E-state index is 0.0688. The van der Waals surface area contributed by atoms with Crippen LogP contribution in [0.25, 0.3) is 0 Å². The Labute approximate surface area is 150 Å². The zero-order chi connectivity index (χ0) is 18.2. The SMILES string of the molecule is CN(C)C(=O)CN(CCc1cccc(O[SH](=O)=O)c1)CC1CCOC1. The molecule has 7 nitrogen and oxygen atoms in total. The van der Waals surface area contributed by atoms with Crippen LogP contribution in [0.3, 0.4) is 0 Å². The van der Waals surface area contributed by atoms with E-state index in [9.17, 15) is 13.2 Å². The summed E-state index contributed by atoms with van der Waals surface area (Å²) in [5.41, 5.74) is 0.972. The molecule has 0 radical (unpaired) electrons. The molecule has 0 bridgehead atoms. The van der Waals surface area contributed by atoms with Gasteiger partial charge in [0.25, 0.3) is 11.0 Å². The van der Waals surface area contributed by atoms with Crippen LogP contribution in [0.2, 0.25) is 0 Å². The molecule has 1 amide bonds. The zero-order valence-electron chi connectivity index (χ0n) is 14.7. The van der Waals surface area contributed by atoms with Crippen molar-refractivity contribution in [1.29, 1.82) is 0 Å². The van der Waals surface area contributed by atoms with Gasteiger partial charge < -0.3 is 13.8 Å². The van der Waals surface area contributed by atoms with Gasteiger partial charge in [-0.1, -0.05) is 12.1 Å². The topological polar surface area (TPSA) is 76.2 Å². The van der Waals surface area contributed by atoms with Crippen LogP contribution < -0.4 is 4.18 Å². The quantitative estimate of drug-likeness (QED) is 0.640. The van der Waals surface area contributed by atoms with Gasteiger partial charge in [-0.25, -0.2) is 0 Å². The van der Waals surface area contributed by atoms with Gasteiger partial charge in [-0.05, 0) is 36.5 Å². The van der Waals surface area contributed by atoms with Crippen molar-refractivity contribution in [3.8, 4) is 5.75 Å². The van der Waals surface area contributed by atoms with Gasteiger partial charge in [0.05, 0.1) is 13.2 Å². The number of carbonyl (C=O) groups is 1. The number of ether oxygens (including phenoxy) is 1. The Balaban J connectivity index is 1.96. The molecule has 0 spiro atoms. The van der Waals surface area contributed by atoms with Crippen molar-refractivity contribution >= 4 is 16.9 Å². The van der Waals surface area contributed by atoms with Gasteiger partial charge in [0.2, 0.25) is 5.91 Å². The Morgan fingerprint density at radius 1 is 1.36 bits per heavy atom. The number of benzene rings is 1. The molecule has 1 aromatic carbocycles. The second kappa shape index (κ2) is 9.74. The fourth-order valence-electron chi connectivity index (χ4n) is 2.79. The first-order chi connectivity index (χ1) is 11.9. The first-order valence-corrected chi connectivity index (χ1v) is 9.45. The molecule has 8 heteroatoms. The Morgan fingerprint density at radius 3 is 2.80 bits per heavy atom. The molecular weight excluding hydrogens is 344 g/mol. The number of rotatable bonds is 9. The third-order valence-electron chi connectivity index (χ3n) is 4.19. The van der Waals surface area contributed by atoms with Gasteiger partial charge in [-0.15, -0.1) is 0 Å². The Bertz CT molecular complexity index is 634. The van der Waals surface area contributed by atoms with E-state index in [0.29, 0.717) is 31.2 Å². The van der Waals surface area contributed by atoms with Crippen LogP contribution in [0.5, 0.6) is 5.75 Å². The molecule has 1 aliphatic rings. The molecular formula is C17H26N2O5S. The zero-order valence-corrected chi connectivity index (χ0v) is 15.6. The van der Waals surface area contributed by atoms with Crippen LogP contribution in [0.1, 0.15) is 12.0 Å². The van der Waals surface area contributed by atoms with Crippen LogP contribution in [-0.2, 0) is 26.9 Å². The lowest BCUT2D eigenvalue weighted by atomic mass is 10.1. The third-order valence-corrected chi connectivity index (χ3v) is 4.55. The first kappa shape index (κ1) is 19.7. The monoisotopic (exact) mass is 370 g/mol. The molecule has 2 rings (SSSR count). The average Bonchev–Trinajstić information content (AvgIpc) is 3.05. The van der Waals surface area contributed by atoms with Gasteiger partial charge >= 0.3 is 0 Å². The fraction of sp³-hybridized carbons (Fsp3) is 0.588. The van der Waals surface area contributed by atoms with E-state index in [-0.39, 0.29) is 5.91 Å². The normalized spacial score (nSPS) is 17.2. The highest BCUT2D eigenvalue weighted by Gasteiger charge is 2.21. The number of thiol groups is 1. The molecule has 1 aliphatic heterocycles. The number of carbonyl (C=O) groups excluding carboxylic acids is 1. The van der Waals surface area contributed by atoms with E-state index in [1.54, 1.807) is 37.2 Å². The lowest BCUT2D eigenvalue weighted by Gasteiger charge is -2.25. The molecule has 1 fully saturated rings. The average molecular weight is 370 g/mol. The van der Waals surface area contributed by atoms with Crippen molar-refractivity contribution in [3.05, 3.63) is 29.8 Å². The first-order valence-electron chi connectivity index (χ1n) is 8.35. The summed E-state index contributed by atoms with van der Waals surface area (Å²) in [6.07, 6.45) is 1.73. The highest BCUT2D eigenvalue weighted by atomic mass is 32.2. The summed E-state index contributed by atoms with van der Waals surface area (Å²) in [6, 6.07) is 7.02. The van der Waals surface area contributed by atoms with Gasteiger partial charge in [-0.3, -0.25) is 9.69 Å². The Hall–Kier alpha value is -1.64. The van der Waals surface area contributed by atoms with Crippen molar-refractivity contribution < 1.29 is 22.1 Å². The molecule has 1 saturated heterocycles. The van der Waals surface area contributed by atoms with Crippen LogP contribution >= 0.6 is 0 Å². The summed E-state index contributed by atoms with van der Waals surface area (Å²) in [5.74, 6) is 0.835. The molecule has 0 saturated carbocycles. The maximum atomic E-state index is 12.1. The Kier molecular flexibility index (Phi) is 7.67. The molecule has 0 N–H and O–H groups in total. The van der Waals surface area contributed by atoms with Crippen LogP contribution in [0, 0.1) is 5.92 Å². The highest BCUT2D eigenvalue weighted by molar-refractivity contribution is 7.67. The second-order valence-electron chi connectivity index (χ2n) is 6.47. The number of nitrogens with zero attached hydrogens (tertiary/aromatic N) is 2. The summed E-state index contributed by atoms with van der Waals surface area (Å²) in [5, 5.41) is 0. The van der Waals surface area contributed by atoms with E-state index in [4.69, 9.17) is 8.92 Å². The number of hydrogen-bond donors (Lipinski definition) is 1. The van der Waals surface area contributed by atoms with Gasteiger partial charge in [0.15, 0.2) is 0 Å². The van der Waals surface area contributed by atoms with Gasteiger partial charge in [-0.2, -0.15) is 8.42 Å².